The Morgan fingerprint density at radius 3 is 2.64 bits per heavy atom. The van der Waals surface area contributed by atoms with E-state index in [-0.39, 0.29) is 11.8 Å². The molecule has 0 radical (unpaired) electrons. The molecule has 2 aromatic carbocycles. The summed E-state index contributed by atoms with van der Waals surface area (Å²) in [6.45, 7) is 2.09. The minimum Gasteiger partial charge on any atom is -0.368 e. The van der Waals surface area contributed by atoms with Gasteiger partial charge in [-0.3, -0.25) is 9.59 Å². The van der Waals surface area contributed by atoms with E-state index in [1.54, 1.807) is 29.2 Å². The molecule has 1 heterocycles. The number of carbonyl (C=O) groups excluding carboxylic acids is 2. The molecule has 1 unspecified atom stereocenters. The topological polar surface area (TPSA) is 84.7 Å². The molecule has 3 N–H and O–H groups in total. The minimum absolute atomic E-state index is 0.0883. The van der Waals surface area contributed by atoms with Crippen molar-refractivity contribution in [1.29, 1.82) is 0 Å². The Balaban J connectivity index is 1.65. The van der Waals surface area contributed by atoms with Gasteiger partial charge in [0.05, 0.1) is 0 Å². The van der Waals surface area contributed by atoms with Crippen LogP contribution in [0.15, 0.2) is 54.6 Å². The average Bonchev–Trinajstić information content (AvgIpc) is 3.27. The lowest BCUT2D eigenvalue weighted by molar-refractivity contribution is -0.124. The largest absolute Gasteiger partial charge is 0.368 e. The Kier molecular flexibility index (Phi) is 7.17. The maximum absolute atomic E-state index is 13.0. The molecular weight excluding hydrogens is 354 g/mol. The second-order valence-electron chi connectivity index (χ2n) is 6.89. The summed E-state index contributed by atoms with van der Waals surface area (Å²) >= 11 is 0. The number of benzene rings is 2. The van der Waals surface area contributed by atoms with Gasteiger partial charge in [-0.15, -0.1) is 0 Å². The summed E-state index contributed by atoms with van der Waals surface area (Å²) in [4.78, 5) is 27.0. The standard InChI is InChI=1S/C22H27N3O3/c23-12-14-25(13-11-17-6-2-1-3-7-17)22(27)18-8-4-9-19(16-18)24-21(26)20-10-5-15-28-20/h1-4,6-9,16,20H,5,10-15,23H2,(H,24,26). The number of hydrogen-bond acceptors (Lipinski definition) is 4. The number of ether oxygens (including phenoxy) is 1. The molecule has 28 heavy (non-hydrogen) atoms. The number of amides is 2. The Hall–Kier alpha value is -2.70. The van der Waals surface area contributed by atoms with Crippen molar-refractivity contribution in [3.8, 4) is 0 Å². The lowest BCUT2D eigenvalue weighted by Gasteiger charge is -2.22. The van der Waals surface area contributed by atoms with E-state index in [0.717, 1.165) is 19.3 Å². The number of rotatable bonds is 8. The zero-order valence-electron chi connectivity index (χ0n) is 16.0. The molecule has 6 heteroatoms. The van der Waals surface area contributed by atoms with E-state index in [9.17, 15) is 9.59 Å². The Labute approximate surface area is 165 Å². The first-order chi connectivity index (χ1) is 13.7. The van der Waals surface area contributed by atoms with E-state index in [1.165, 1.54) is 5.56 Å². The Morgan fingerprint density at radius 1 is 1.11 bits per heavy atom. The zero-order chi connectivity index (χ0) is 19.8. The van der Waals surface area contributed by atoms with E-state index in [4.69, 9.17) is 10.5 Å². The van der Waals surface area contributed by atoms with E-state index in [2.05, 4.69) is 5.32 Å². The third kappa shape index (κ3) is 5.41. The maximum atomic E-state index is 13.0. The van der Waals surface area contributed by atoms with Crippen LogP contribution in [0.1, 0.15) is 28.8 Å². The molecular formula is C22H27N3O3. The summed E-state index contributed by atoms with van der Waals surface area (Å²) in [6, 6.07) is 17.1. The lowest BCUT2D eigenvalue weighted by atomic mass is 10.1. The summed E-state index contributed by atoms with van der Waals surface area (Å²) in [5.41, 5.74) is 8.02. The lowest BCUT2D eigenvalue weighted by Crippen LogP contribution is -2.37. The molecule has 0 aromatic heterocycles. The third-order valence-electron chi connectivity index (χ3n) is 4.80. The van der Waals surface area contributed by atoms with Crippen LogP contribution in [0.2, 0.25) is 0 Å². The summed E-state index contributed by atoms with van der Waals surface area (Å²) in [5, 5.41) is 2.85. The van der Waals surface area contributed by atoms with Crippen LogP contribution in [0.3, 0.4) is 0 Å². The molecule has 1 saturated heterocycles. The van der Waals surface area contributed by atoms with Gasteiger partial charge in [-0.2, -0.15) is 0 Å². The summed E-state index contributed by atoms with van der Waals surface area (Å²) < 4.78 is 5.41. The molecule has 0 aliphatic carbocycles. The zero-order valence-corrected chi connectivity index (χ0v) is 16.0. The van der Waals surface area contributed by atoms with Gasteiger partial charge in [-0.1, -0.05) is 36.4 Å². The van der Waals surface area contributed by atoms with Crippen molar-refractivity contribution in [2.45, 2.75) is 25.4 Å². The molecule has 148 valence electrons. The van der Waals surface area contributed by atoms with Crippen molar-refractivity contribution in [3.05, 3.63) is 65.7 Å². The van der Waals surface area contributed by atoms with Crippen LogP contribution in [0, 0.1) is 0 Å². The van der Waals surface area contributed by atoms with Crippen LogP contribution in [0.5, 0.6) is 0 Å². The predicted octanol–water partition coefficient (Wildman–Crippen LogP) is 2.45. The van der Waals surface area contributed by atoms with Gasteiger partial charge in [0, 0.05) is 37.5 Å². The van der Waals surface area contributed by atoms with Crippen LogP contribution in [-0.4, -0.2) is 49.1 Å². The summed E-state index contributed by atoms with van der Waals surface area (Å²) in [6.07, 6.45) is 1.99. The highest BCUT2D eigenvalue weighted by Crippen LogP contribution is 2.17. The molecule has 1 aliphatic heterocycles. The van der Waals surface area contributed by atoms with Gasteiger partial charge in [0.15, 0.2) is 0 Å². The van der Waals surface area contributed by atoms with Gasteiger partial charge >= 0.3 is 0 Å². The van der Waals surface area contributed by atoms with Crippen LogP contribution in [-0.2, 0) is 16.0 Å². The SMILES string of the molecule is NCCN(CCc1ccccc1)C(=O)c1cccc(NC(=O)C2CCCO2)c1. The van der Waals surface area contributed by atoms with Crippen LogP contribution in [0.25, 0.3) is 0 Å². The van der Waals surface area contributed by atoms with Crippen LogP contribution in [0.4, 0.5) is 5.69 Å². The molecule has 1 atom stereocenters. The van der Waals surface area contributed by atoms with Gasteiger partial charge in [-0.25, -0.2) is 0 Å². The molecule has 0 spiro atoms. The third-order valence-corrected chi connectivity index (χ3v) is 4.80. The van der Waals surface area contributed by atoms with Crippen molar-refractivity contribution in [2.75, 3.05) is 31.6 Å². The van der Waals surface area contributed by atoms with Crippen LogP contribution >= 0.6 is 0 Å². The minimum atomic E-state index is -0.404. The number of carbonyl (C=O) groups is 2. The van der Waals surface area contributed by atoms with Gasteiger partial charge < -0.3 is 20.7 Å². The number of hydrogen-bond donors (Lipinski definition) is 2. The monoisotopic (exact) mass is 381 g/mol. The number of nitrogens with one attached hydrogen (secondary N) is 1. The van der Waals surface area contributed by atoms with Gasteiger partial charge in [-0.05, 0) is 43.0 Å². The Bertz CT molecular complexity index is 789. The van der Waals surface area contributed by atoms with E-state index >= 15 is 0 Å². The highest BCUT2D eigenvalue weighted by atomic mass is 16.5. The van der Waals surface area contributed by atoms with Crippen LogP contribution < -0.4 is 11.1 Å². The average molecular weight is 381 g/mol. The van der Waals surface area contributed by atoms with Crippen molar-refractivity contribution >= 4 is 17.5 Å². The Morgan fingerprint density at radius 2 is 1.93 bits per heavy atom. The molecule has 0 bridgehead atoms. The first-order valence-electron chi connectivity index (χ1n) is 9.73. The van der Waals surface area contributed by atoms with E-state index in [1.807, 2.05) is 30.3 Å². The fourth-order valence-electron chi connectivity index (χ4n) is 3.30. The normalized spacial score (nSPS) is 16.0. The van der Waals surface area contributed by atoms with Crippen molar-refractivity contribution in [2.24, 2.45) is 5.73 Å². The van der Waals surface area contributed by atoms with Crippen molar-refractivity contribution < 1.29 is 14.3 Å². The number of nitrogens with zero attached hydrogens (tertiary/aromatic N) is 1. The highest BCUT2D eigenvalue weighted by Gasteiger charge is 2.24. The molecule has 2 aromatic rings. The molecule has 3 rings (SSSR count). The first kappa shape index (κ1) is 20.0. The van der Waals surface area contributed by atoms with Crippen molar-refractivity contribution in [1.82, 2.24) is 4.90 Å². The fourth-order valence-corrected chi connectivity index (χ4v) is 3.30. The quantitative estimate of drug-likeness (QED) is 0.736. The summed E-state index contributed by atoms with van der Waals surface area (Å²) in [7, 11) is 0. The van der Waals surface area contributed by atoms with E-state index < -0.39 is 6.10 Å². The molecule has 6 nitrogen and oxygen atoms in total. The van der Waals surface area contributed by atoms with Crippen molar-refractivity contribution in [3.63, 3.8) is 0 Å². The van der Waals surface area contributed by atoms with Gasteiger partial charge in [0.25, 0.3) is 11.8 Å². The second-order valence-corrected chi connectivity index (χ2v) is 6.89. The predicted molar refractivity (Wildman–Crippen MR) is 109 cm³/mol. The molecule has 1 fully saturated rings. The fraction of sp³-hybridized carbons (Fsp3) is 0.364. The van der Waals surface area contributed by atoms with Gasteiger partial charge in [0.2, 0.25) is 0 Å². The van der Waals surface area contributed by atoms with Gasteiger partial charge in [0.1, 0.15) is 6.10 Å². The number of nitrogens with two attached hydrogens (primary N) is 1. The number of anilines is 1. The summed E-state index contributed by atoms with van der Waals surface area (Å²) in [5.74, 6) is -0.250. The smallest absolute Gasteiger partial charge is 0.253 e. The molecule has 1 aliphatic rings. The van der Waals surface area contributed by atoms with E-state index in [0.29, 0.717) is 37.5 Å². The second kappa shape index (κ2) is 10.0. The molecule has 0 saturated carbocycles. The molecule has 2 amide bonds. The highest BCUT2D eigenvalue weighted by molar-refractivity contribution is 5.98. The first-order valence-corrected chi connectivity index (χ1v) is 9.73. The maximum Gasteiger partial charge on any atom is 0.253 e.